The van der Waals surface area contributed by atoms with Gasteiger partial charge in [-0.2, -0.15) is 0 Å². The van der Waals surface area contributed by atoms with Gasteiger partial charge in [0.1, 0.15) is 0 Å². The predicted molar refractivity (Wildman–Crippen MR) is 73.5 cm³/mol. The molecule has 0 bridgehead atoms. The molecule has 1 aromatic heterocycles. The van der Waals surface area contributed by atoms with Gasteiger partial charge < -0.3 is 4.57 Å². The molecule has 1 aliphatic rings. The molecule has 0 radical (unpaired) electrons. The Morgan fingerprint density at radius 2 is 1.83 bits per heavy atom. The number of hydrogen-bond donors (Lipinski definition) is 0. The molecule has 0 saturated carbocycles. The topological polar surface area (TPSA) is 17.8 Å². The standard InChI is InChI=1S/C16H20N2/c1-12-8-15-16(9-13(12)2)18(11-17-15)10-14-6-4-3-5-7-14/h3-7,11-13H,8-10H2,1-2H3. The van der Waals surface area contributed by atoms with Crippen LogP contribution in [-0.4, -0.2) is 9.55 Å². The third kappa shape index (κ3) is 2.07. The molecule has 0 aliphatic heterocycles. The van der Waals surface area contributed by atoms with E-state index in [4.69, 9.17) is 0 Å². The number of benzene rings is 1. The fraction of sp³-hybridized carbons (Fsp3) is 0.438. The molecule has 18 heavy (non-hydrogen) atoms. The summed E-state index contributed by atoms with van der Waals surface area (Å²) in [5.41, 5.74) is 4.12. The number of fused-ring (bicyclic) bond motifs is 1. The zero-order valence-electron chi connectivity index (χ0n) is 11.1. The maximum atomic E-state index is 4.60. The highest BCUT2D eigenvalue weighted by atomic mass is 15.1. The van der Waals surface area contributed by atoms with Crippen LogP contribution in [0.5, 0.6) is 0 Å². The maximum absolute atomic E-state index is 4.60. The Labute approximate surface area is 109 Å². The molecule has 1 aliphatic carbocycles. The summed E-state index contributed by atoms with van der Waals surface area (Å²) in [6, 6.07) is 10.6. The van der Waals surface area contributed by atoms with Crippen molar-refractivity contribution in [2.45, 2.75) is 33.2 Å². The van der Waals surface area contributed by atoms with E-state index in [-0.39, 0.29) is 0 Å². The fourth-order valence-corrected chi connectivity index (χ4v) is 2.78. The highest BCUT2D eigenvalue weighted by Crippen LogP contribution is 2.29. The Balaban J connectivity index is 1.87. The molecule has 0 amide bonds. The molecule has 3 rings (SSSR count). The molecule has 94 valence electrons. The van der Waals surface area contributed by atoms with Crippen LogP contribution < -0.4 is 0 Å². The zero-order valence-corrected chi connectivity index (χ0v) is 11.1. The van der Waals surface area contributed by atoms with E-state index in [9.17, 15) is 0 Å². The van der Waals surface area contributed by atoms with E-state index < -0.39 is 0 Å². The van der Waals surface area contributed by atoms with E-state index in [1.807, 2.05) is 6.33 Å². The number of aromatic nitrogens is 2. The summed E-state index contributed by atoms with van der Waals surface area (Å²) in [7, 11) is 0. The highest BCUT2D eigenvalue weighted by Gasteiger charge is 2.25. The van der Waals surface area contributed by atoms with E-state index in [0.717, 1.165) is 24.8 Å². The molecule has 2 nitrogen and oxygen atoms in total. The molecule has 1 heterocycles. The van der Waals surface area contributed by atoms with E-state index in [2.05, 4.69) is 53.7 Å². The van der Waals surface area contributed by atoms with Gasteiger partial charge in [0.2, 0.25) is 0 Å². The van der Waals surface area contributed by atoms with Crippen LogP contribution in [0, 0.1) is 11.8 Å². The number of nitrogens with zero attached hydrogens (tertiary/aromatic N) is 2. The Hall–Kier alpha value is -1.57. The molecule has 2 unspecified atom stereocenters. The molecule has 0 spiro atoms. The Morgan fingerprint density at radius 3 is 2.61 bits per heavy atom. The normalized spacial score (nSPS) is 22.8. The average molecular weight is 240 g/mol. The first-order valence-corrected chi connectivity index (χ1v) is 6.81. The van der Waals surface area contributed by atoms with Crippen molar-refractivity contribution in [3.8, 4) is 0 Å². The zero-order chi connectivity index (χ0) is 12.5. The summed E-state index contributed by atoms with van der Waals surface area (Å²) in [5.74, 6) is 1.53. The SMILES string of the molecule is CC1Cc2ncn(Cc3ccccc3)c2CC1C. The number of hydrogen-bond acceptors (Lipinski definition) is 1. The molecule has 0 N–H and O–H groups in total. The van der Waals surface area contributed by atoms with Crippen LogP contribution in [-0.2, 0) is 19.4 Å². The van der Waals surface area contributed by atoms with Gasteiger partial charge in [-0.1, -0.05) is 44.2 Å². The third-order valence-electron chi connectivity index (χ3n) is 4.23. The lowest BCUT2D eigenvalue weighted by Crippen LogP contribution is -2.22. The summed E-state index contributed by atoms with van der Waals surface area (Å²) in [6.45, 7) is 5.64. The second kappa shape index (κ2) is 4.60. The van der Waals surface area contributed by atoms with Crippen LogP contribution in [0.4, 0.5) is 0 Å². The Kier molecular flexibility index (Phi) is 2.94. The Morgan fingerprint density at radius 1 is 1.11 bits per heavy atom. The van der Waals surface area contributed by atoms with Crippen molar-refractivity contribution >= 4 is 0 Å². The van der Waals surface area contributed by atoms with E-state index in [1.165, 1.54) is 23.4 Å². The minimum absolute atomic E-state index is 0.762. The van der Waals surface area contributed by atoms with Crippen LogP contribution in [0.25, 0.3) is 0 Å². The van der Waals surface area contributed by atoms with Gasteiger partial charge in [0.15, 0.2) is 0 Å². The largest absolute Gasteiger partial charge is 0.330 e. The first-order valence-electron chi connectivity index (χ1n) is 6.81. The van der Waals surface area contributed by atoms with Crippen molar-refractivity contribution in [3.63, 3.8) is 0 Å². The van der Waals surface area contributed by atoms with Gasteiger partial charge in [-0.3, -0.25) is 0 Å². The molecule has 0 saturated heterocycles. The van der Waals surface area contributed by atoms with Crippen LogP contribution in [0.15, 0.2) is 36.7 Å². The van der Waals surface area contributed by atoms with Gasteiger partial charge in [-0.15, -0.1) is 0 Å². The second-order valence-corrected chi connectivity index (χ2v) is 5.61. The molecule has 2 atom stereocenters. The van der Waals surface area contributed by atoms with Gasteiger partial charge in [-0.25, -0.2) is 4.98 Å². The average Bonchev–Trinajstić information content (AvgIpc) is 2.74. The number of imidazole rings is 1. The van der Waals surface area contributed by atoms with Crippen LogP contribution >= 0.6 is 0 Å². The maximum Gasteiger partial charge on any atom is 0.0954 e. The summed E-state index contributed by atoms with van der Waals surface area (Å²) in [6.07, 6.45) is 4.32. The van der Waals surface area contributed by atoms with Gasteiger partial charge in [0, 0.05) is 12.2 Å². The molecule has 2 aromatic rings. The smallest absolute Gasteiger partial charge is 0.0954 e. The lowest BCUT2D eigenvalue weighted by atomic mass is 9.82. The van der Waals surface area contributed by atoms with E-state index in [1.54, 1.807) is 0 Å². The lowest BCUT2D eigenvalue weighted by Gasteiger charge is -2.26. The van der Waals surface area contributed by atoms with Gasteiger partial charge in [0.05, 0.1) is 12.0 Å². The van der Waals surface area contributed by atoms with Crippen LogP contribution in [0.2, 0.25) is 0 Å². The molecule has 0 fully saturated rings. The van der Waals surface area contributed by atoms with Crippen molar-refractivity contribution in [2.75, 3.05) is 0 Å². The first-order chi connectivity index (χ1) is 8.74. The molecular formula is C16H20N2. The van der Waals surface area contributed by atoms with Gasteiger partial charge in [-0.05, 0) is 30.2 Å². The van der Waals surface area contributed by atoms with Crippen molar-refractivity contribution in [3.05, 3.63) is 53.6 Å². The molecular weight excluding hydrogens is 220 g/mol. The second-order valence-electron chi connectivity index (χ2n) is 5.61. The third-order valence-corrected chi connectivity index (χ3v) is 4.23. The monoisotopic (exact) mass is 240 g/mol. The van der Waals surface area contributed by atoms with Crippen molar-refractivity contribution in [2.24, 2.45) is 11.8 Å². The summed E-state index contributed by atoms with van der Waals surface area (Å²) in [4.78, 5) is 4.60. The van der Waals surface area contributed by atoms with Crippen molar-refractivity contribution in [1.82, 2.24) is 9.55 Å². The van der Waals surface area contributed by atoms with Crippen LogP contribution in [0.3, 0.4) is 0 Å². The first kappa shape index (κ1) is 11.5. The minimum Gasteiger partial charge on any atom is -0.330 e. The Bertz CT molecular complexity index is 527. The lowest BCUT2D eigenvalue weighted by molar-refractivity contribution is 0.350. The van der Waals surface area contributed by atoms with Crippen molar-refractivity contribution < 1.29 is 0 Å². The van der Waals surface area contributed by atoms with E-state index in [0.29, 0.717) is 0 Å². The summed E-state index contributed by atoms with van der Waals surface area (Å²) in [5, 5.41) is 0. The minimum atomic E-state index is 0.762. The summed E-state index contributed by atoms with van der Waals surface area (Å²) < 4.78 is 2.33. The van der Waals surface area contributed by atoms with E-state index >= 15 is 0 Å². The number of rotatable bonds is 2. The van der Waals surface area contributed by atoms with Gasteiger partial charge in [0.25, 0.3) is 0 Å². The van der Waals surface area contributed by atoms with Gasteiger partial charge >= 0.3 is 0 Å². The molecule has 2 heteroatoms. The van der Waals surface area contributed by atoms with Crippen molar-refractivity contribution in [1.29, 1.82) is 0 Å². The summed E-state index contributed by atoms with van der Waals surface area (Å²) >= 11 is 0. The van der Waals surface area contributed by atoms with Crippen LogP contribution in [0.1, 0.15) is 30.8 Å². The molecule has 1 aromatic carbocycles. The predicted octanol–water partition coefficient (Wildman–Crippen LogP) is 3.30. The quantitative estimate of drug-likeness (QED) is 0.787. The highest BCUT2D eigenvalue weighted by molar-refractivity contribution is 5.21. The fourth-order valence-electron chi connectivity index (χ4n) is 2.78.